The van der Waals surface area contributed by atoms with Gasteiger partial charge in [0.15, 0.2) is 0 Å². The van der Waals surface area contributed by atoms with Gasteiger partial charge in [0.2, 0.25) is 0 Å². The van der Waals surface area contributed by atoms with E-state index in [0.29, 0.717) is 38.6 Å². The van der Waals surface area contributed by atoms with Crippen LogP contribution in [0.3, 0.4) is 0 Å². The number of para-hydroxylation sites is 2. The molecule has 1 heterocycles. The lowest BCUT2D eigenvalue weighted by molar-refractivity contribution is 0.102. The smallest absolute Gasteiger partial charge is 0.255 e. The van der Waals surface area contributed by atoms with Crippen LogP contribution in [-0.4, -0.2) is 18.0 Å². The molecule has 1 aromatic heterocycles. The summed E-state index contributed by atoms with van der Waals surface area (Å²) in [6.45, 7) is 0. The minimum atomic E-state index is -0.274. The fourth-order valence-corrected chi connectivity index (χ4v) is 2.88. The first-order valence-corrected chi connectivity index (χ1v) is 8.44. The van der Waals surface area contributed by atoms with Gasteiger partial charge in [-0.3, -0.25) is 4.79 Å². The maximum Gasteiger partial charge on any atom is 0.255 e. The summed E-state index contributed by atoms with van der Waals surface area (Å²) in [5.41, 5.74) is 1.71. The van der Waals surface area contributed by atoms with Gasteiger partial charge in [0.25, 0.3) is 5.91 Å². The van der Waals surface area contributed by atoms with E-state index in [1.165, 1.54) is 0 Å². The second kappa shape index (κ2) is 8.08. The van der Waals surface area contributed by atoms with Crippen LogP contribution in [0, 0.1) is 0 Å². The van der Waals surface area contributed by atoms with E-state index in [-0.39, 0.29) is 5.91 Å². The molecule has 0 fully saturated rings. The van der Waals surface area contributed by atoms with E-state index in [9.17, 15) is 4.79 Å². The van der Waals surface area contributed by atoms with E-state index in [0.717, 1.165) is 0 Å². The van der Waals surface area contributed by atoms with Crippen LogP contribution in [0.4, 0.5) is 17.2 Å². The van der Waals surface area contributed by atoms with E-state index >= 15 is 0 Å². The average molecular weight is 388 g/mol. The van der Waals surface area contributed by atoms with Gasteiger partial charge in [-0.25, -0.2) is 4.98 Å². The van der Waals surface area contributed by atoms with Crippen LogP contribution in [0.1, 0.15) is 10.4 Å². The zero-order chi connectivity index (χ0) is 18.5. The SMILES string of the molecule is COc1ccccc1NC(=O)c1ccnc(Nc2cc(Cl)cc(Cl)c2)c1. The molecule has 132 valence electrons. The molecule has 0 saturated heterocycles. The molecule has 7 heteroatoms. The second-order valence-corrected chi connectivity index (χ2v) is 6.24. The zero-order valence-corrected chi connectivity index (χ0v) is 15.3. The molecule has 0 atom stereocenters. The molecular weight excluding hydrogens is 373 g/mol. The summed E-state index contributed by atoms with van der Waals surface area (Å²) >= 11 is 12.0. The van der Waals surface area contributed by atoms with Gasteiger partial charge in [-0.2, -0.15) is 0 Å². The van der Waals surface area contributed by atoms with Crippen LogP contribution in [0.2, 0.25) is 10.0 Å². The van der Waals surface area contributed by atoms with Crippen molar-refractivity contribution in [3.63, 3.8) is 0 Å². The largest absolute Gasteiger partial charge is 0.495 e. The van der Waals surface area contributed by atoms with Crippen LogP contribution < -0.4 is 15.4 Å². The van der Waals surface area contributed by atoms with E-state index in [1.54, 1.807) is 55.8 Å². The lowest BCUT2D eigenvalue weighted by Crippen LogP contribution is -2.13. The summed E-state index contributed by atoms with van der Waals surface area (Å²) in [6, 6.07) is 15.5. The number of methoxy groups -OCH3 is 1. The van der Waals surface area contributed by atoms with Gasteiger partial charge in [0, 0.05) is 27.5 Å². The van der Waals surface area contributed by atoms with Crippen molar-refractivity contribution < 1.29 is 9.53 Å². The number of pyridine rings is 1. The van der Waals surface area contributed by atoms with Crippen molar-refractivity contribution in [1.82, 2.24) is 4.98 Å². The number of rotatable bonds is 5. The number of carbonyl (C=O) groups excluding carboxylic acids is 1. The predicted octanol–water partition coefficient (Wildman–Crippen LogP) is 5.39. The molecule has 0 aliphatic heterocycles. The Hall–Kier alpha value is -2.76. The molecule has 0 spiro atoms. The number of benzene rings is 2. The monoisotopic (exact) mass is 387 g/mol. The van der Waals surface area contributed by atoms with E-state index in [1.807, 2.05) is 12.1 Å². The van der Waals surface area contributed by atoms with Gasteiger partial charge in [0.05, 0.1) is 12.8 Å². The number of hydrogen-bond acceptors (Lipinski definition) is 4. The third-order valence-corrected chi connectivity index (χ3v) is 3.95. The number of aromatic nitrogens is 1. The summed E-state index contributed by atoms with van der Waals surface area (Å²) in [5, 5.41) is 6.92. The van der Waals surface area contributed by atoms with E-state index in [2.05, 4.69) is 15.6 Å². The Morgan fingerprint density at radius 1 is 1.04 bits per heavy atom. The van der Waals surface area contributed by atoms with Gasteiger partial charge < -0.3 is 15.4 Å². The summed E-state index contributed by atoms with van der Waals surface area (Å²) in [5.74, 6) is 0.807. The first-order valence-electron chi connectivity index (χ1n) is 7.69. The van der Waals surface area contributed by atoms with E-state index in [4.69, 9.17) is 27.9 Å². The Balaban J connectivity index is 1.79. The lowest BCUT2D eigenvalue weighted by Gasteiger charge is -2.11. The molecule has 5 nitrogen and oxygen atoms in total. The molecule has 3 aromatic rings. The maximum atomic E-state index is 12.5. The van der Waals surface area contributed by atoms with E-state index < -0.39 is 0 Å². The van der Waals surface area contributed by atoms with Crippen LogP contribution in [0.15, 0.2) is 60.8 Å². The predicted molar refractivity (Wildman–Crippen MR) is 105 cm³/mol. The highest BCUT2D eigenvalue weighted by Gasteiger charge is 2.10. The molecule has 0 radical (unpaired) electrons. The van der Waals surface area contributed by atoms with Crippen molar-refractivity contribution in [2.24, 2.45) is 0 Å². The molecule has 0 aliphatic carbocycles. The van der Waals surface area contributed by atoms with Gasteiger partial charge in [-0.15, -0.1) is 0 Å². The van der Waals surface area contributed by atoms with Crippen molar-refractivity contribution in [2.45, 2.75) is 0 Å². The third kappa shape index (κ3) is 4.45. The quantitative estimate of drug-likeness (QED) is 0.615. The number of amides is 1. The Kier molecular flexibility index (Phi) is 5.61. The first-order chi connectivity index (χ1) is 12.5. The molecule has 3 rings (SSSR count). The van der Waals surface area contributed by atoms with Crippen molar-refractivity contribution in [3.8, 4) is 5.75 Å². The minimum Gasteiger partial charge on any atom is -0.495 e. The minimum absolute atomic E-state index is 0.274. The molecule has 0 aliphatic rings. The van der Waals surface area contributed by atoms with Crippen LogP contribution >= 0.6 is 23.2 Å². The van der Waals surface area contributed by atoms with Gasteiger partial charge in [0.1, 0.15) is 11.6 Å². The standard InChI is InChI=1S/C19H15Cl2N3O2/c1-26-17-5-3-2-4-16(17)24-19(25)12-6-7-22-18(8-12)23-15-10-13(20)9-14(21)11-15/h2-11H,1H3,(H,22,23)(H,24,25). The number of halogens is 2. The Morgan fingerprint density at radius 3 is 2.50 bits per heavy atom. The van der Waals surface area contributed by atoms with Crippen LogP contribution in [0.5, 0.6) is 5.75 Å². The molecule has 0 bridgehead atoms. The number of nitrogens with zero attached hydrogens (tertiary/aromatic N) is 1. The van der Waals surface area contributed by atoms with Gasteiger partial charge in [-0.1, -0.05) is 35.3 Å². The van der Waals surface area contributed by atoms with Gasteiger partial charge in [-0.05, 0) is 42.5 Å². The molecule has 0 saturated carbocycles. The molecule has 2 aromatic carbocycles. The number of nitrogens with one attached hydrogen (secondary N) is 2. The van der Waals surface area contributed by atoms with Crippen molar-refractivity contribution >= 4 is 46.3 Å². The fraction of sp³-hybridized carbons (Fsp3) is 0.0526. The summed E-state index contributed by atoms with van der Waals surface area (Å²) in [4.78, 5) is 16.7. The molecular formula is C19H15Cl2N3O2. The highest BCUT2D eigenvalue weighted by molar-refractivity contribution is 6.35. The Bertz CT molecular complexity index is 927. The molecule has 0 unspecified atom stereocenters. The number of hydrogen-bond donors (Lipinski definition) is 2. The topological polar surface area (TPSA) is 63.2 Å². The highest BCUT2D eigenvalue weighted by atomic mass is 35.5. The normalized spacial score (nSPS) is 10.3. The summed E-state index contributed by atoms with van der Waals surface area (Å²) < 4.78 is 5.24. The van der Waals surface area contributed by atoms with Crippen LogP contribution in [-0.2, 0) is 0 Å². The highest BCUT2D eigenvalue weighted by Crippen LogP contribution is 2.26. The zero-order valence-electron chi connectivity index (χ0n) is 13.8. The second-order valence-electron chi connectivity index (χ2n) is 5.37. The van der Waals surface area contributed by atoms with Crippen molar-refractivity contribution in [2.75, 3.05) is 17.7 Å². The number of carbonyl (C=O) groups is 1. The third-order valence-electron chi connectivity index (χ3n) is 3.51. The van der Waals surface area contributed by atoms with Crippen molar-refractivity contribution in [1.29, 1.82) is 0 Å². The Labute approximate surface area is 160 Å². The molecule has 26 heavy (non-hydrogen) atoms. The Morgan fingerprint density at radius 2 is 1.77 bits per heavy atom. The van der Waals surface area contributed by atoms with Crippen molar-refractivity contribution in [3.05, 3.63) is 76.4 Å². The van der Waals surface area contributed by atoms with Crippen LogP contribution in [0.25, 0.3) is 0 Å². The number of anilines is 3. The molecule has 1 amide bonds. The molecule has 2 N–H and O–H groups in total. The summed E-state index contributed by atoms with van der Waals surface area (Å²) in [6.07, 6.45) is 1.55. The average Bonchev–Trinajstić information content (AvgIpc) is 2.61. The maximum absolute atomic E-state index is 12.5. The summed E-state index contributed by atoms with van der Waals surface area (Å²) in [7, 11) is 1.55. The lowest BCUT2D eigenvalue weighted by atomic mass is 10.2. The first kappa shape index (κ1) is 18.0. The fourth-order valence-electron chi connectivity index (χ4n) is 2.36. The van der Waals surface area contributed by atoms with Gasteiger partial charge >= 0.3 is 0 Å². The number of ether oxygens (including phenoxy) is 1.